The molecule has 0 unspecified atom stereocenters. The zero-order valence-electron chi connectivity index (χ0n) is 16.5. The van der Waals surface area contributed by atoms with E-state index in [0.29, 0.717) is 28.5 Å². The number of hydrogen-bond acceptors (Lipinski definition) is 8. The van der Waals surface area contributed by atoms with Crippen molar-refractivity contribution in [2.45, 2.75) is 0 Å². The lowest BCUT2D eigenvalue weighted by molar-refractivity contribution is 0.355. The molecule has 0 saturated carbocycles. The van der Waals surface area contributed by atoms with Crippen molar-refractivity contribution in [2.24, 2.45) is 0 Å². The lowest BCUT2D eigenvalue weighted by atomic mass is 10.1. The molecule has 0 aliphatic carbocycles. The van der Waals surface area contributed by atoms with Gasteiger partial charge in [-0.2, -0.15) is 10.1 Å². The van der Waals surface area contributed by atoms with E-state index in [-0.39, 0.29) is 22.8 Å². The first-order valence-corrected chi connectivity index (χ1v) is 8.94. The summed E-state index contributed by atoms with van der Waals surface area (Å²) in [7, 11) is 4.64. The summed E-state index contributed by atoms with van der Waals surface area (Å²) >= 11 is 0. The fourth-order valence-corrected chi connectivity index (χ4v) is 2.94. The average molecular weight is 406 g/mol. The van der Waals surface area contributed by atoms with Gasteiger partial charge in [-0.3, -0.25) is 4.79 Å². The minimum Gasteiger partial charge on any atom is -0.497 e. The fourth-order valence-electron chi connectivity index (χ4n) is 2.94. The molecule has 152 valence electrons. The molecule has 0 radical (unpaired) electrons. The molecule has 0 spiro atoms. The molecular weight excluding hydrogens is 388 g/mol. The number of nitrogens with zero attached hydrogens (tertiary/aromatic N) is 4. The summed E-state index contributed by atoms with van der Waals surface area (Å²) in [6.07, 6.45) is 1.56. The smallest absolute Gasteiger partial charge is 0.282 e. The monoisotopic (exact) mass is 406 g/mol. The van der Waals surface area contributed by atoms with Gasteiger partial charge >= 0.3 is 0 Å². The maximum atomic E-state index is 12.4. The molecule has 0 amide bonds. The molecular formula is C21H18N4O5. The first kappa shape index (κ1) is 19.2. The van der Waals surface area contributed by atoms with Gasteiger partial charge in [-0.15, -0.1) is 0 Å². The number of methoxy groups -OCH3 is 3. The topological polar surface area (TPSA) is 102 Å². The van der Waals surface area contributed by atoms with E-state index >= 15 is 0 Å². The Morgan fingerprint density at radius 2 is 1.80 bits per heavy atom. The molecule has 9 heteroatoms. The Labute approximate surface area is 171 Å². The third-order valence-corrected chi connectivity index (χ3v) is 4.40. The molecule has 0 bridgehead atoms. The third kappa shape index (κ3) is 3.48. The predicted octanol–water partition coefficient (Wildman–Crippen LogP) is 2.98. The van der Waals surface area contributed by atoms with Crippen LogP contribution in [0, 0.1) is 0 Å². The van der Waals surface area contributed by atoms with Crippen LogP contribution in [0.25, 0.3) is 28.7 Å². The third-order valence-electron chi connectivity index (χ3n) is 4.40. The Bertz CT molecular complexity index is 1250. The number of benzene rings is 2. The highest BCUT2D eigenvalue weighted by atomic mass is 16.5. The van der Waals surface area contributed by atoms with Crippen LogP contribution in [-0.2, 0) is 0 Å². The highest BCUT2D eigenvalue weighted by Crippen LogP contribution is 2.36. The average Bonchev–Trinajstić information content (AvgIpc) is 3.28. The number of hydrogen-bond donors (Lipinski definition) is 0. The summed E-state index contributed by atoms with van der Waals surface area (Å²) in [6, 6.07) is 14.0. The van der Waals surface area contributed by atoms with Crippen molar-refractivity contribution < 1.29 is 18.7 Å². The van der Waals surface area contributed by atoms with Crippen LogP contribution in [0.2, 0.25) is 0 Å². The summed E-state index contributed by atoms with van der Waals surface area (Å²) in [5.74, 6) is 1.90. The molecule has 0 aliphatic heterocycles. The van der Waals surface area contributed by atoms with Crippen molar-refractivity contribution in [2.75, 3.05) is 21.3 Å². The molecule has 2 aromatic heterocycles. The van der Waals surface area contributed by atoms with E-state index in [0.717, 1.165) is 0 Å². The van der Waals surface area contributed by atoms with Gasteiger partial charge in [0, 0.05) is 18.3 Å². The van der Waals surface area contributed by atoms with Crippen LogP contribution in [0.1, 0.15) is 0 Å². The van der Waals surface area contributed by atoms with Crippen molar-refractivity contribution in [3.05, 3.63) is 65.0 Å². The number of para-hydroxylation sites is 1. The van der Waals surface area contributed by atoms with E-state index in [1.807, 2.05) is 18.2 Å². The van der Waals surface area contributed by atoms with E-state index in [1.165, 1.54) is 25.0 Å². The molecule has 4 aromatic rings. The van der Waals surface area contributed by atoms with Crippen molar-refractivity contribution in [3.63, 3.8) is 0 Å². The minimum atomic E-state index is -0.345. The standard InChI is InChI=1S/C21H18N4O5/c1-27-14-7-4-6-13(12-14)25-11-10-16(26)18(23-25)21-22-20(24-30-21)15-8-5-9-17(28-2)19(15)29-3/h4-12H,1-3H3. The second kappa shape index (κ2) is 8.08. The summed E-state index contributed by atoms with van der Waals surface area (Å²) in [5, 5.41) is 8.36. The predicted molar refractivity (Wildman–Crippen MR) is 108 cm³/mol. The summed E-state index contributed by atoms with van der Waals surface area (Å²) < 4.78 is 22.8. The molecule has 2 heterocycles. The molecule has 0 N–H and O–H groups in total. The van der Waals surface area contributed by atoms with Crippen LogP contribution in [-0.4, -0.2) is 41.3 Å². The first-order chi connectivity index (χ1) is 14.6. The number of rotatable bonds is 6. The second-order valence-electron chi connectivity index (χ2n) is 6.14. The lowest BCUT2D eigenvalue weighted by Crippen LogP contribution is -2.12. The van der Waals surface area contributed by atoms with Crippen molar-refractivity contribution in [1.82, 2.24) is 19.9 Å². The van der Waals surface area contributed by atoms with Gasteiger partial charge in [0.1, 0.15) is 5.75 Å². The quantitative estimate of drug-likeness (QED) is 0.482. The number of ether oxygens (including phenoxy) is 3. The van der Waals surface area contributed by atoms with Gasteiger partial charge in [-0.25, -0.2) is 4.68 Å². The van der Waals surface area contributed by atoms with E-state index in [4.69, 9.17) is 18.7 Å². The Morgan fingerprint density at radius 3 is 2.57 bits per heavy atom. The van der Waals surface area contributed by atoms with Crippen LogP contribution in [0.4, 0.5) is 0 Å². The zero-order chi connectivity index (χ0) is 21.1. The van der Waals surface area contributed by atoms with Gasteiger partial charge in [-0.05, 0) is 24.3 Å². The normalized spacial score (nSPS) is 10.6. The maximum Gasteiger partial charge on any atom is 0.282 e. The fraction of sp³-hybridized carbons (Fsp3) is 0.143. The SMILES string of the molecule is COc1cccc(-n2ccc(=O)c(-c3nc(-c4cccc(OC)c4OC)no3)n2)c1. The van der Waals surface area contributed by atoms with Gasteiger partial charge in [0.15, 0.2) is 17.2 Å². The van der Waals surface area contributed by atoms with Crippen LogP contribution >= 0.6 is 0 Å². The molecule has 0 aliphatic rings. The molecule has 2 aromatic carbocycles. The maximum absolute atomic E-state index is 12.4. The van der Waals surface area contributed by atoms with E-state index in [1.54, 1.807) is 37.6 Å². The highest BCUT2D eigenvalue weighted by molar-refractivity contribution is 5.69. The van der Waals surface area contributed by atoms with Gasteiger partial charge in [0.25, 0.3) is 5.89 Å². The van der Waals surface area contributed by atoms with E-state index in [2.05, 4.69) is 15.2 Å². The zero-order valence-corrected chi connectivity index (χ0v) is 16.5. The molecule has 0 atom stereocenters. The summed E-state index contributed by atoms with van der Waals surface area (Å²) in [5.41, 5.74) is 0.962. The van der Waals surface area contributed by atoms with Crippen molar-refractivity contribution in [3.8, 4) is 45.9 Å². The highest BCUT2D eigenvalue weighted by Gasteiger charge is 2.20. The largest absolute Gasteiger partial charge is 0.497 e. The molecule has 0 saturated heterocycles. The van der Waals surface area contributed by atoms with Crippen LogP contribution in [0.3, 0.4) is 0 Å². The Hall–Kier alpha value is -4.14. The van der Waals surface area contributed by atoms with Gasteiger partial charge in [0.2, 0.25) is 11.3 Å². The molecule has 0 fully saturated rings. The van der Waals surface area contributed by atoms with Gasteiger partial charge < -0.3 is 18.7 Å². The second-order valence-corrected chi connectivity index (χ2v) is 6.14. The minimum absolute atomic E-state index is 0.00267. The van der Waals surface area contributed by atoms with E-state index < -0.39 is 0 Å². The molecule has 4 rings (SSSR count). The van der Waals surface area contributed by atoms with Crippen LogP contribution in [0.15, 0.2) is 64.0 Å². The first-order valence-electron chi connectivity index (χ1n) is 8.94. The molecule has 30 heavy (non-hydrogen) atoms. The Kier molecular flexibility index (Phi) is 5.17. The van der Waals surface area contributed by atoms with E-state index in [9.17, 15) is 4.79 Å². The Balaban J connectivity index is 1.76. The van der Waals surface area contributed by atoms with Crippen LogP contribution in [0.5, 0.6) is 17.2 Å². The van der Waals surface area contributed by atoms with Gasteiger partial charge in [-0.1, -0.05) is 17.3 Å². The summed E-state index contributed by atoms with van der Waals surface area (Å²) in [6.45, 7) is 0. The van der Waals surface area contributed by atoms with Crippen LogP contribution < -0.4 is 19.6 Å². The van der Waals surface area contributed by atoms with Crippen molar-refractivity contribution in [1.29, 1.82) is 0 Å². The molecule has 9 nitrogen and oxygen atoms in total. The lowest BCUT2D eigenvalue weighted by Gasteiger charge is -2.09. The number of aromatic nitrogens is 4. The Morgan fingerprint density at radius 1 is 0.967 bits per heavy atom. The van der Waals surface area contributed by atoms with Crippen molar-refractivity contribution >= 4 is 0 Å². The van der Waals surface area contributed by atoms with Gasteiger partial charge in [0.05, 0.1) is 32.6 Å². The summed E-state index contributed by atoms with van der Waals surface area (Å²) in [4.78, 5) is 16.8.